The van der Waals surface area contributed by atoms with Crippen molar-refractivity contribution in [2.75, 3.05) is 30.3 Å². The number of hydrogen-bond acceptors (Lipinski definition) is 4. The third-order valence-electron chi connectivity index (χ3n) is 3.62. The number of thioether (sulfide) groups is 1. The van der Waals surface area contributed by atoms with Crippen molar-refractivity contribution in [2.24, 2.45) is 0 Å². The third-order valence-corrected chi connectivity index (χ3v) is 4.91. The molecule has 2 heterocycles. The summed E-state index contributed by atoms with van der Waals surface area (Å²) in [5, 5.41) is 3.41. The molecule has 1 fully saturated rings. The maximum Gasteiger partial charge on any atom is 0.129 e. The summed E-state index contributed by atoms with van der Waals surface area (Å²) in [4.78, 5) is 7.29. The highest BCUT2D eigenvalue weighted by atomic mass is 32.2. The monoisotopic (exact) mass is 293 g/mol. The SMILES string of the molecule is CCNCc1cc(CC)nc(N2CCSC(C)(C)C2)c1. The number of aryl methyl sites for hydroxylation is 1. The van der Waals surface area contributed by atoms with Crippen molar-refractivity contribution in [1.29, 1.82) is 0 Å². The van der Waals surface area contributed by atoms with E-state index < -0.39 is 0 Å². The summed E-state index contributed by atoms with van der Waals surface area (Å²) in [5.74, 6) is 2.35. The molecule has 2 rings (SSSR count). The Morgan fingerprint density at radius 1 is 1.35 bits per heavy atom. The molecular weight excluding hydrogens is 266 g/mol. The van der Waals surface area contributed by atoms with Crippen LogP contribution in [0.5, 0.6) is 0 Å². The average molecular weight is 293 g/mol. The minimum atomic E-state index is 0.323. The minimum absolute atomic E-state index is 0.323. The molecule has 0 bridgehead atoms. The fourth-order valence-corrected chi connectivity index (χ4v) is 3.67. The first-order valence-electron chi connectivity index (χ1n) is 7.63. The molecule has 1 aromatic heterocycles. The Balaban J connectivity index is 2.21. The smallest absolute Gasteiger partial charge is 0.129 e. The second-order valence-electron chi connectivity index (χ2n) is 5.99. The first-order valence-corrected chi connectivity index (χ1v) is 8.62. The highest BCUT2D eigenvalue weighted by molar-refractivity contribution is 8.00. The van der Waals surface area contributed by atoms with E-state index >= 15 is 0 Å². The first kappa shape index (κ1) is 15.6. The molecule has 20 heavy (non-hydrogen) atoms. The van der Waals surface area contributed by atoms with E-state index in [2.05, 4.69) is 61.8 Å². The van der Waals surface area contributed by atoms with Crippen molar-refractivity contribution in [3.05, 3.63) is 23.4 Å². The van der Waals surface area contributed by atoms with Crippen molar-refractivity contribution >= 4 is 17.6 Å². The highest BCUT2D eigenvalue weighted by Gasteiger charge is 2.27. The first-order chi connectivity index (χ1) is 9.54. The predicted molar refractivity (Wildman–Crippen MR) is 89.7 cm³/mol. The summed E-state index contributed by atoms with van der Waals surface area (Å²) in [6, 6.07) is 4.49. The number of rotatable bonds is 5. The van der Waals surface area contributed by atoms with Gasteiger partial charge in [-0.25, -0.2) is 4.98 Å². The molecule has 0 spiro atoms. The normalized spacial score (nSPS) is 18.3. The van der Waals surface area contributed by atoms with Gasteiger partial charge in [0.15, 0.2) is 0 Å². The number of anilines is 1. The molecule has 1 saturated heterocycles. The molecule has 1 N–H and O–H groups in total. The van der Waals surface area contributed by atoms with E-state index in [0.29, 0.717) is 4.75 Å². The lowest BCUT2D eigenvalue weighted by Crippen LogP contribution is -2.43. The number of pyridine rings is 1. The average Bonchev–Trinajstić information content (AvgIpc) is 2.43. The topological polar surface area (TPSA) is 28.2 Å². The molecule has 4 heteroatoms. The van der Waals surface area contributed by atoms with Crippen molar-refractivity contribution in [3.63, 3.8) is 0 Å². The van der Waals surface area contributed by atoms with E-state index in [4.69, 9.17) is 4.98 Å². The van der Waals surface area contributed by atoms with E-state index in [1.54, 1.807) is 0 Å². The Hall–Kier alpha value is -0.740. The van der Waals surface area contributed by atoms with Gasteiger partial charge in [-0.05, 0) is 44.5 Å². The van der Waals surface area contributed by atoms with Gasteiger partial charge in [0.05, 0.1) is 0 Å². The summed E-state index contributed by atoms with van der Waals surface area (Å²) < 4.78 is 0.323. The third kappa shape index (κ3) is 4.13. The Labute approximate surface area is 127 Å². The van der Waals surface area contributed by atoms with Crippen LogP contribution in [0.2, 0.25) is 0 Å². The van der Waals surface area contributed by atoms with Crippen LogP contribution in [0.4, 0.5) is 5.82 Å². The van der Waals surface area contributed by atoms with Gasteiger partial charge >= 0.3 is 0 Å². The van der Waals surface area contributed by atoms with Crippen LogP contribution in [0.3, 0.4) is 0 Å². The molecular formula is C16H27N3S. The molecule has 1 aromatic rings. The molecule has 0 radical (unpaired) electrons. The predicted octanol–water partition coefficient (Wildman–Crippen LogP) is 3.09. The molecule has 112 valence electrons. The van der Waals surface area contributed by atoms with Crippen molar-refractivity contribution < 1.29 is 0 Å². The lowest BCUT2D eigenvalue weighted by molar-refractivity contribution is 0.640. The minimum Gasteiger partial charge on any atom is -0.354 e. The number of aromatic nitrogens is 1. The molecule has 0 atom stereocenters. The lowest BCUT2D eigenvalue weighted by atomic mass is 10.1. The zero-order valence-corrected chi connectivity index (χ0v) is 14.0. The second kappa shape index (κ2) is 6.81. The molecule has 1 aliphatic heterocycles. The van der Waals surface area contributed by atoms with Crippen LogP contribution in [-0.2, 0) is 13.0 Å². The van der Waals surface area contributed by atoms with E-state index in [1.165, 1.54) is 17.0 Å². The van der Waals surface area contributed by atoms with Gasteiger partial charge in [-0.1, -0.05) is 13.8 Å². The van der Waals surface area contributed by atoms with E-state index in [9.17, 15) is 0 Å². The summed E-state index contributed by atoms with van der Waals surface area (Å²) in [6.45, 7) is 13.1. The maximum absolute atomic E-state index is 4.84. The Morgan fingerprint density at radius 2 is 2.15 bits per heavy atom. The summed E-state index contributed by atoms with van der Waals surface area (Å²) in [6.07, 6.45) is 0.999. The zero-order chi connectivity index (χ0) is 14.6. The van der Waals surface area contributed by atoms with Gasteiger partial charge in [-0.3, -0.25) is 0 Å². The van der Waals surface area contributed by atoms with Crippen molar-refractivity contribution in [1.82, 2.24) is 10.3 Å². The maximum atomic E-state index is 4.84. The molecule has 1 aliphatic rings. The molecule has 0 aliphatic carbocycles. The van der Waals surface area contributed by atoms with Crippen LogP contribution in [-0.4, -0.2) is 35.1 Å². The Morgan fingerprint density at radius 3 is 2.80 bits per heavy atom. The van der Waals surface area contributed by atoms with Gasteiger partial charge in [0.1, 0.15) is 5.82 Å². The molecule has 0 aromatic carbocycles. The zero-order valence-electron chi connectivity index (χ0n) is 13.2. The van der Waals surface area contributed by atoms with E-state index in [1.807, 2.05) is 0 Å². The standard InChI is InChI=1S/C16H27N3S/c1-5-14-9-13(11-17-6-2)10-15(18-14)19-7-8-20-16(3,4)12-19/h9-10,17H,5-8,11-12H2,1-4H3. The van der Waals surface area contributed by atoms with Crippen LogP contribution in [0.25, 0.3) is 0 Å². The Bertz CT molecular complexity index is 445. The van der Waals surface area contributed by atoms with Crippen LogP contribution in [0.15, 0.2) is 12.1 Å². The largest absolute Gasteiger partial charge is 0.354 e. The second-order valence-corrected chi connectivity index (χ2v) is 7.79. The number of nitrogens with one attached hydrogen (secondary N) is 1. The van der Waals surface area contributed by atoms with Crippen molar-refractivity contribution in [2.45, 2.75) is 45.4 Å². The van der Waals surface area contributed by atoms with Crippen molar-refractivity contribution in [3.8, 4) is 0 Å². The molecule has 3 nitrogen and oxygen atoms in total. The van der Waals surface area contributed by atoms with Gasteiger partial charge in [0.25, 0.3) is 0 Å². The quantitative estimate of drug-likeness (QED) is 0.903. The van der Waals surface area contributed by atoms with Crippen LogP contribution in [0, 0.1) is 0 Å². The summed E-state index contributed by atoms with van der Waals surface area (Å²) >= 11 is 2.07. The highest BCUT2D eigenvalue weighted by Crippen LogP contribution is 2.31. The van der Waals surface area contributed by atoms with Gasteiger partial charge in [0, 0.05) is 35.8 Å². The number of hydrogen-bond donors (Lipinski definition) is 1. The summed E-state index contributed by atoms with van der Waals surface area (Å²) in [7, 11) is 0. The van der Waals surface area contributed by atoms with Crippen LogP contribution in [0.1, 0.15) is 39.0 Å². The van der Waals surface area contributed by atoms with E-state index in [0.717, 1.165) is 38.4 Å². The van der Waals surface area contributed by atoms with Crippen LogP contribution < -0.4 is 10.2 Å². The molecule has 0 unspecified atom stereocenters. The summed E-state index contributed by atoms with van der Waals surface area (Å²) in [5.41, 5.74) is 2.55. The van der Waals surface area contributed by atoms with Gasteiger partial charge < -0.3 is 10.2 Å². The lowest BCUT2D eigenvalue weighted by Gasteiger charge is -2.38. The van der Waals surface area contributed by atoms with Gasteiger partial charge in [-0.15, -0.1) is 0 Å². The molecule has 0 amide bonds. The Kier molecular flexibility index (Phi) is 5.33. The number of nitrogens with zero attached hydrogens (tertiary/aromatic N) is 2. The van der Waals surface area contributed by atoms with Gasteiger partial charge in [-0.2, -0.15) is 11.8 Å². The van der Waals surface area contributed by atoms with Gasteiger partial charge in [0.2, 0.25) is 0 Å². The fraction of sp³-hybridized carbons (Fsp3) is 0.688. The fourth-order valence-electron chi connectivity index (χ4n) is 2.56. The molecule has 0 saturated carbocycles. The van der Waals surface area contributed by atoms with Crippen LogP contribution >= 0.6 is 11.8 Å². The van der Waals surface area contributed by atoms with E-state index in [-0.39, 0.29) is 0 Å².